The fourth-order valence-corrected chi connectivity index (χ4v) is 6.55. The first-order chi connectivity index (χ1) is 22.7. The summed E-state index contributed by atoms with van der Waals surface area (Å²) in [6.45, 7) is 0. The molecule has 3 N–H and O–H groups in total. The first-order valence-corrected chi connectivity index (χ1v) is 15.6. The highest BCUT2D eigenvalue weighted by atomic mass is 14.9. The normalized spacial score (nSPS) is 11.1. The second kappa shape index (κ2) is 11.8. The fraction of sp³-hybridized carbons (Fsp3) is 0. The van der Waals surface area contributed by atoms with Crippen LogP contribution in [0.4, 0.5) is 17.1 Å². The third-order valence-corrected chi connectivity index (χ3v) is 8.84. The summed E-state index contributed by atoms with van der Waals surface area (Å²) in [5, 5.41) is 8.43. The van der Waals surface area contributed by atoms with E-state index in [2.05, 4.69) is 157 Å². The minimum atomic E-state index is 0.730. The Bertz CT molecular complexity index is 2250. The van der Waals surface area contributed by atoms with Crippen LogP contribution < -0.4 is 11.1 Å². The maximum atomic E-state index is 6.18. The highest BCUT2D eigenvalue weighted by Gasteiger charge is 2.16. The number of hydrogen-bond donors (Lipinski definition) is 2. The summed E-state index contributed by atoms with van der Waals surface area (Å²) in [5.74, 6) is 0. The minimum Gasteiger partial charge on any atom is -0.397 e. The van der Waals surface area contributed by atoms with Crippen molar-refractivity contribution in [3.8, 4) is 44.5 Å². The van der Waals surface area contributed by atoms with Crippen LogP contribution in [0.15, 0.2) is 176 Å². The molecule has 46 heavy (non-hydrogen) atoms. The second-order valence-electron chi connectivity index (χ2n) is 11.7. The SMILES string of the molecule is Nc1ccccc1Nc1ccc(-c2c3ccccc3c(-c3ccc(-c4ccc(-c5ccccc5)cc4)cc3)c3ccccc23)cc1. The minimum absolute atomic E-state index is 0.730. The van der Waals surface area contributed by atoms with E-state index in [9.17, 15) is 0 Å². The molecule has 0 radical (unpaired) electrons. The first kappa shape index (κ1) is 27.4. The average molecular weight is 589 g/mol. The van der Waals surface area contributed by atoms with Gasteiger partial charge in [-0.15, -0.1) is 0 Å². The Morgan fingerprint density at radius 1 is 0.304 bits per heavy atom. The molecule has 0 atom stereocenters. The van der Waals surface area contributed by atoms with E-state index in [1.54, 1.807) is 0 Å². The third kappa shape index (κ3) is 5.06. The topological polar surface area (TPSA) is 38.0 Å². The van der Waals surface area contributed by atoms with Crippen molar-refractivity contribution in [2.24, 2.45) is 0 Å². The number of rotatable bonds is 6. The van der Waals surface area contributed by atoms with Gasteiger partial charge in [0.05, 0.1) is 11.4 Å². The van der Waals surface area contributed by atoms with Crippen LogP contribution in [-0.2, 0) is 0 Å². The number of benzene rings is 8. The predicted molar refractivity (Wildman–Crippen MR) is 197 cm³/mol. The molecule has 0 bridgehead atoms. The van der Waals surface area contributed by atoms with Gasteiger partial charge in [0.25, 0.3) is 0 Å². The number of nitrogens with one attached hydrogen (secondary N) is 1. The average Bonchev–Trinajstić information content (AvgIpc) is 3.12. The maximum Gasteiger partial charge on any atom is 0.0617 e. The van der Waals surface area contributed by atoms with E-state index in [4.69, 9.17) is 5.73 Å². The van der Waals surface area contributed by atoms with Gasteiger partial charge in [-0.1, -0.05) is 152 Å². The Kier molecular flexibility index (Phi) is 7.01. The molecule has 0 unspecified atom stereocenters. The molecule has 8 aromatic rings. The van der Waals surface area contributed by atoms with E-state index in [0.717, 1.165) is 17.1 Å². The summed E-state index contributed by atoms with van der Waals surface area (Å²) in [6, 6.07) is 62.5. The van der Waals surface area contributed by atoms with Gasteiger partial charge in [-0.2, -0.15) is 0 Å². The van der Waals surface area contributed by atoms with Crippen LogP contribution in [0.2, 0.25) is 0 Å². The van der Waals surface area contributed by atoms with Crippen molar-refractivity contribution in [1.29, 1.82) is 0 Å². The van der Waals surface area contributed by atoms with Crippen molar-refractivity contribution in [1.82, 2.24) is 0 Å². The van der Waals surface area contributed by atoms with Gasteiger partial charge in [-0.3, -0.25) is 0 Å². The van der Waals surface area contributed by atoms with Gasteiger partial charge < -0.3 is 11.1 Å². The van der Waals surface area contributed by atoms with Gasteiger partial charge in [0.15, 0.2) is 0 Å². The zero-order valence-corrected chi connectivity index (χ0v) is 25.3. The van der Waals surface area contributed by atoms with E-state index in [1.165, 1.54) is 66.1 Å². The lowest BCUT2D eigenvalue weighted by molar-refractivity contribution is 1.54. The Labute approximate surface area is 269 Å². The Hall–Kier alpha value is -6.12. The lowest BCUT2D eigenvalue weighted by Gasteiger charge is -2.18. The van der Waals surface area contributed by atoms with Crippen molar-refractivity contribution >= 4 is 38.6 Å². The van der Waals surface area contributed by atoms with Gasteiger partial charge in [0.2, 0.25) is 0 Å². The Morgan fingerprint density at radius 3 is 1.11 bits per heavy atom. The van der Waals surface area contributed by atoms with Gasteiger partial charge in [0, 0.05) is 5.69 Å². The van der Waals surface area contributed by atoms with Crippen LogP contribution in [0.3, 0.4) is 0 Å². The molecule has 0 aliphatic carbocycles. The Balaban J connectivity index is 1.19. The standard InChI is InChI=1S/C44H32N2/c45-41-16-8-9-17-42(41)46-36-28-26-35(27-29-36)44-39-14-6-4-12-37(39)43(38-13-5-7-15-40(38)44)34-24-22-33(23-25-34)32-20-18-31(19-21-32)30-10-2-1-3-11-30/h1-29,46H,45H2. The molecule has 2 nitrogen and oxygen atoms in total. The quantitative estimate of drug-likeness (QED) is 0.150. The van der Waals surface area contributed by atoms with Gasteiger partial charge >= 0.3 is 0 Å². The molecule has 0 amide bonds. The number of para-hydroxylation sites is 2. The van der Waals surface area contributed by atoms with Crippen molar-refractivity contribution in [3.63, 3.8) is 0 Å². The first-order valence-electron chi connectivity index (χ1n) is 15.6. The molecule has 0 saturated heterocycles. The Morgan fingerprint density at radius 2 is 0.652 bits per heavy atom. The van der Waals surface area contributed by atoms with Crippen LogP contribution in [0.1, 0.15) is 0 Å². The zero-order chi connectivity index (χ0) is 30.9. The summed E-state index contributed by atoms with van der Waals surface area (Å²) in [5.41, 5.74) is 18.6. The van der Waals surface area contributed by atoms with E-state index < -0.39 is 0 Å². The summed E-state index contributed by atoms with van der Waals surface area (Å²) in [4.78, 5) is 0. The van der Waals surface area contributed by atoms with Crippen LogP contribution >= 0.6 is 0 Å². The zero-order valence-electron chi connectivity index (χ0n) is 25.3. The predicted octanol–water partition coefficient (Wildman–Crippen LogP) is 12.0. The number of fused-ring (bicyclic) bond motifs is 2. The maximum absolute atomic E-state index is 6.18. The molecule has 8 aromatic carbocycles. The molecule has 0 fully saturated rings. The van der Waals surface area contributed by atoms with Crippen molar-refractivity contribution in [3.05, 3.63) is 176 Å². The van der Waals surface area contributed by atoms with Gasteiger partial charge in [-0.25, -0.2) is 0 Å². The highest BCUT2D eigenvalue weighted by Crippen LogP contribution is 2.44. The highest BCUT2D eigenvalue weighted by molar-refractivity contribution is 6.21. The number of anilines is 3. The lowest BCUT2D eigenvalue weighted by Crippen LogP contribution is -1.95. The van der Waals surface area contributed by atoms with Gasteiger partial charge in [-0.05, 0) is 90.3 Å². The van der Waals surface area contributed by atoms with E-state index >= 15 is 0 Å². The monoisotopic (exact) mass is 588 g/mol. The van der Waals surface area contributed by atoms with Crippen LogP contribution in [-0.4, -0.2) is 0 Å². The summed E-state index contributed by atoms with van der Waals surface area (Å²) in [6.07, 6.45) is 0. The van der Waals surface area contributed by atoms with Crippen molar-refractivity contribution in [2.75, 3.05) is 11.1 Å². The molecule has 0 aliphatic heterocycles. The number of nitrogens with two attached hydrogens (primary N) is 1. The third-order valence-electron chi connectivity index (χ3n) is 8.84. The van der Waals surface area contributed by atoms with Crippen molar-refractivity contribution in [2.45, 2.75) is 0 Å². The molecule has 2 heteroatoms. The molecule has 218 valence electrons. The molecule has 0 saturated carbocycles. The van der Waals surface area contributed by atoms with Crippen LogP contribution in [0.5, 0.6) is 0 Å². The number of nitrogen functional groups attached to an aromatic ring is 1. The molecule has 8 rings (SSSR count). The smallest absolute Gasteiger partial charge is 0.0617 e. The summed E-state index contributed by atoms with van der Waals surface area (Å²) in [7, 11) is 0. The van der Waals surface area contributed by atoms with Crippen LogP contribution in [0, 0.1) is 0 Å². The van der Waals surface area contributed by atoms with Gasteiger partial charge in [0.1, 0.15) is 0 Å². The fourth-order valence-electron chi connectivity index (χ4n) is 6.55. The van der Waals surface area contributed by atoms with Crippen molar-refractivity contribution < 1.29 is 0 Å². The molecule has 0 aliphatic rings. The van der Waals surface area contributed by atoms with E-state index in [0.29, 0.717) is 0 Å². The molecular formula is C44H32N2. The summed E-state index contributed by atoms with van der Waals surface area (Å²) >= 11 is 0. The van der Waals surface area contributed by atoms with E-state index in [-0.39, 0.29) is 0 Å². The second-order valence-corrected chi connectivity index (χ2v) is 11.7. The largest absolute Gasteiger partial charge is 0.397 e. The lowest BCUT2D eigenvalue weighted by atomic mass is 9.85. The number of hydrogen-bond acceptors (Lipinski definition) is 2. The van der Waals surface area contributed by atoms with Crippen LogP contribution in [0.25, 0.3) is 66.1 Å². The molecule has 0 aromatic heterocycles. The molecule has 0 heterocycles. The molecule has 0 spiro atoms. The molecular weight excluding hydrogens is 556 g/mol. The van der Waals surface area contributed by atoms with E-state index in [1.807, 2.05) is 24.3 Å². The summed E-state index contributed by atoms with van der Waals surface area (Å²) < 4.78 is 0.